The molecule has 194 valence electrons. The van der Waals surface area contributed by atoms with E-state index < -0.39 is 61.4 Å². The Hall–Kier alpha value is -3.46. The van der Waals surface area contributed by atoms with Gasteiger partial charge >= 0.3 is 17.1 Å². The van der Waals surface area contributed by atoms with Crippen LogP contribution in [0.4, 0.5) is 4.79 Å². The minimum atomic E-state index is -2.85. The number of carbonyl (C=O) groups is 1. The molecule has 2 aromatic rings. The summed E-state index contributed by atoms with van der Waals surface area (Å²) >= 11 is 0. The first-order chi connectivity index (χ1) is 17.0. The van der Waals surface area contributed by atoms with Crippen molar-refractivity contribution in [3.8, 4) is 0 Å². The van der Waals surface area contributed by atoms with Gasteiger partial charge in [0, 0.05) is 24.0 Å². The fourth-order valence-corrected chi connectivity index (χ4v) is 3.44. The van der Waals surface area contributed by atoms with Crippen molar-refractivity contribution in [3.05, 3.63) is 89.5 Å². The van der Waals surface area contributed by atoms with Crippen LogP contribution in [0.15, 0.2) is 61.4 Å². The van der Waals surface area contributed by atoms with Crippen molar-refractivity contribution >= 4 is 14.1 Å². The van der Waals surface area contributed by atoms with Gasteiger partial charge in [0.05, 0.1) is 6.61 Å². The molecule has 5 N–H and O–H groups in total. The summed E-state index contributed by atoms with van der Waals surface area (Å²) in [6.07, 6.45) is 4.26. The van der Waals surface area contributed by atoms with Crippen molar-refractivity contribution in [3.63, 3.8) is 0 Å². The Kier molecular flexibility index (Phi) is 8.68. The summed E-state index contributed by atoms with van der Waals surface area (Å²) in [5.74, 6) is 0. The van der Waals surface area contributed by atoms with Crippen LogP contribution in [-0.2, 0) is 14.2 Å². The van der Waals surface area contributed by atoms with Crippen molar-refractivity contribution in [1.82, 2.24) is 19.1 Å². The van der Waals surface area contributed by atoms with E-state index in [1.807, 2.05) is 11.9 Å². The van der Waals surface area contributed by atoms with Crippen LogP contribution in [0, 0.1) is 6.92 Å². The van der Waals surface area contributed by atoms with E-state index in [4.69, 9.17) is 24.4 Å². The van der Waals surface area contributed by atoms with E-state index in [0.29, 0.717) is 5.56 Å². The lowest BCUT2D eigenvalue weighted by atomic mass is 10.2. The Labute approximate surface area is 202 Å². The van der Waals surface area contributed by atoms with Crippen LogP contribution in [0.25, 0.3) is 0 Å². The highest BCUT2D eigenvalue weighted by Crippen LogP contribution is 2.29. The maximum absolute atomic E-state index is 11.7. The highest BCUT2D eigenvalue weighted by Gasteiger charge is 2.27. The van der Waals surface area contributed by atoms with Gasteiger partial charge in [0.15, 0.2) is 12.5 Å². The molecule has 2 aliphatic heterocycles. The molecule has 0 bridgehead atoms. The molecule has 0 aliphatic carbocycles. The molecule has 4 rings (SSSR count). The molecule has 0 fully saturated rings. The molecule has 0 unspecified atom stereocenters. The van der Waals surface area contributed by atoms with Crippen molar-refractivity contribution in [2.24, 2.45) is 0 Å². The number of hydrogen-bond acceptors (Lipinski definition) is 11. The molecule has 2 aliphatic rings. The van der Waals surface area contributed by atoms with Crippen LogP contribution in [0.1, 0.15) is 24.9 Å². The number of nitrogens with one attached hydrogen (secondary N) is 2. The van der Waals surface area contributed by atoms with E-state index in [2.05, 4.69) is 9.72 Å². The number of rotatable bonds is 5. The molecule has 0 saturated carbocycles. The molecule has 15 nitrogen and oxygen atoms in total. The van der Waals surface area contributed by atoms with Gasteiger partial charge in [-0.05, 0) is 31.6 Å². The van der Waals surface area contributed by atoms with Gasteiger partial charge in [-0.2, -0.15) is 0 Å². The largest absolute Gasteiger partial charge is 0.425 e. The van der Waals surface area contributed by atoms with Crippen molar-refractivity contribution in [1.29, 1.82) is 0 Å². The summed E-state index contributed by atoms with van der Waals surface area (Å²) in [6, 6.07) is 1.14. The lowest BCUT2D eigenvalue weighted by Crippen LogP contribution is -2.34. The number of nitrogens with zero attached hydrogens (tertiary/aromatic N) is 2. The van der Waals surface area contributed by atoms with Crippen molar-refractivity contribution in [2.45, 2.75) is 38.7 Å². The minimum absolute atomic E-state index is 0.134. The van der Waals surface area contributed by atoms with Gasteiger partial charge in [-0.3, -0.25) is 28.7 Å². The van der Waals surface area contributed by atoms with Crippen LogP contribution in [0.5, 0.6) is 0 Å². The summed E-state index contributed by atoms with van der Waals surface area (Å²) in [5.41, 5.74) is -2.08. The van der Waals surface area contributed by atoms with E-state index >= 15 is 0 Å². The molecule has 0 radical (unpaired) electrons. The van der Waals surface area contributed by atoms with Crippen molar-refractivity contribution < 1.29 is 33.9 Å². The fraction of sp³-hybridized carbons (Fsp3) is 0.350. The molecule has 16 heteroatoms. The van der Waals surface area contributed by atoms with Gasteiger partial charge < -0.3 is 29.1 Å². The van der Waals surface area contributed by atoms with E-state index in [9.17, 15) is 24.0 Å². The predicted octanol–water partition coefficient (Wildman–Crippen LogP) is -0.938. The van der Waals surface area contributed by atoms with E-state index in [0.717, 1.165) is 16.2 Å². The average molecular weight is 526 g/mol. The zero-order valence-corrected chi connectivity index (χ0v) is 19.8. The van der Waals surface area contributed by atoms with E-state index in [1.54, 1.807) is 13.0 Å². The van der Waals surface area contributed by atoms with E-state index in [-0.39, 0.29) is 6.61 Å². The zero-order chi connectivity index (χ0) is 26.6. The highest BCUT2D eigenvalue weighted by molar-refractivity contribution is 7.63. The molecular formula is C20H23N4O11P. The molecule has 36 heavy (non-hydrogen) atoms. The second-order valence-electron chi connectivity index (χ2n) is 7.57. The Balaban J connectivity index is 0.000000202. The predicted molar refractivity (Wildman–Crippen MR) is 123 cm³/mol. The monoisotopic (exact) mass is 526 g/mol. The lowest BCUT2D eigenvalue weighted by Gasteiger charge is -2.17. The number of aryl methyl sites for hydroxylation is 1. The number of hydrogen-bond donors (Lipinski definition) is 5. The van der Waals surface area contributed by atoms with Crippen LogP contribution in [0.3, 0.4) is 0 Å². The Bertz CT molecular complexity index is 1400. The van der Waals surface area contributed by atoms with E-state index in [1.165, 1.54) is 29.1 Å². The normalized spacial score (nSPS) is 22.8. The van der Waals surface area contributed by atoms with Crippen LogP contribution in [0.2, 0.25) is 0 Å². The third-order valence-electron chi connectivity index (χ3n) is 4.93. The molecule has 0 spiro atoms. The van der Waals surface area contributed by atoms with Gasteiger partial charge in [-0.1, -0.05) is 6.08 Å². The second kappa shape index (κ2) is 11.5. The highest BCUT2D eigenvalue weighted by atomic mass is 31.2. The summed E-state index contributed by atoms with van der Waals surface area (Å²) in [4.78, 5) is 77.7. The van der Waals surface area contributed by atoms with Crippen molar-refractivity contribution in [2.75, 3.05) is 6.61 Å². The smallest absolute Gasteiger partial charge is 0.386 e. The lowest BCUT2D eigenvalue weighted by molar-refractivity contribution is -0.0976. The average Bonchev–Trinajstić information content (AvgIpc) is 3.43. The number of carbonyl (C=O) groups excluding carboxylic acids is 1. The zero-order valence-electron chi connectivity index (χ0n) is 18.9. The van der Waals surface area contributed by atoms with Gasteiger partial charge in [-0.25, -0.2) is 14.4 Å². The first-order valence-electron chi connectivity index (χ1n) is 10.3. The summed E-state index contributed by atoms with van der Waals surface area (Å²) < 4.78 is 17.6. The standard InChI is InChI=1S/C11H14N2O4.C9H9N2O7P/c1-6-3-8(5-14)17-10(6)13-4-7(2)9(15)12-11(13)16;12-5-3-4-11(8(13)10-5)6-1-2-7(17-6)18-9(14)19(15)16/h3-4,8,10,14H,5H2,1-2H3,(H,12,15,16);1-4,6-7,15-16H,(H,10,12,13)/t8-,10+;6-,7-/m01/s1. The first-order valence-corrected chi connectivity index (χ1v) is 11.5. The number of aliphatic hydroxyl groups excluding tert-OH is 1. The number of ether oxygens (including phenoxy) is 3. The molecule has 2 aromatic heterocycles. The van der Waals surface area contributed by atoms with Crippen LogP contribution >= 0.6 is 8.38 Å². The fourth-order valence-electron chi connectivity index (χ4n) is 3.24. The maximum atomic E-state index is 11.7. The third-order valence-corrected chi connectivity index (χ3v) is 5.36. The van der Waals surface area contributed by atoms with Gasteiger partial charge in [0.25, 0.3) is 19.5 Å². The third kappa shape index (κ3) is 6.40. The second-order valence-corrected chi connectivity index (χ2v) is 8.51. The van der Waals surface area contributed by atoms with Gasteiger partial charge in [0.1, 0.15) is 6.10 Å². The quantitative estimate of drug-likeness (QED) is 0.237. The summed E-state index contributed by atoms with van der Waals surface area (Å²) in [5, 5.41) is 9.00. The summed E-state index contributed by atoms with van der Waals surface area (Å²) in [7, 11) is -2.85. The molecule has 4 heterocycles. The van der Waals surface area contributed by atoms with Crippen LogP contribution in [-0.4, -0.2) is 58.7 Å². The first kappa shape index (κ1) is 27.1. The molecule has 0 aromatic carbocycles. The SMILES string of the molecule is CC1=C[C@@H](CO)O[C@H]1n1cc(C)c(=O)[nH]c1=O.O=C(O[C@@H]1C=C[C@H](n2ccc(=O)[nH]c2=O)O1)P(O)O. The van der Waals surface area contributed by atoms with Gasteiger partial charge in [-0.15, -0.1) is 0 Å². The number of aromatic amines is 2. The van der Waals surface area contributed by atoms with Crippen LogP contribution < -0.4 is 22.5 Å². The molecule has 0 saturated heterocycles. The maximum Gasteiger partial charge on any atom is 0.386 e. The summed E-state index contributed by atoms with van der Waals surface area (Å²) in [6.45, 7) is 3.30. The molecule has 0 amide bonds. The topological polar surface area (TPSA) is 215 Å². The van der Waals surface area contributed by atoms with Gasteiger partial charge in [0.2, 0.25) is 6.29 Å². The Morgan fingerprint density at radius 1 is 1.08 bits per heavy atom. The minimum Gasteiger partial charge on any atom is -0.425 e. The number of aliphatic hydroxyl groups is 1. The molecule has 4 atom stereocenters. The number of aromatic nitrogens is 4. The Morgan fingerprint density at radius 3 is 2.39 bits per heavy atom. The Morgan fingerprint density at radius 2 is 1.78 bits per heavy atom. The molecular weight excluding hydrogens is 503 g/mol. The number of H-pyrrole nitrogens is 2.